The Morgan fingerprint density at radius 2 is 1.86 bits per heavy atom. The Balaban J connectivity index is 1.89. The molecule has 0 bridgehead atoms. The Kier molecular flexibility index (Phi) is 4.95. The molecule has 2 rings (SSSR count). The minimum absolute atomic E-state index is 0.0378. The third-order valence-corrected chi connectivity index (χ3v) is 3.94. The van der Waals surface area contributed by atoms with Crippen molar-refractivity contribution in [2.24, 2.45) is 0 Å². The van der Waals surface area contributed by atoms with Gasteiger partial charge in [-0.1, -0.05) is 17.7 Å². The van der Waals surface area contributed by atoms with Crippen LogP contribution in [0.25, 0.3) is 0 Å². The van der Waals surface area contributed by atoms with Crippen LogP contribution in [0, 0.1) is 6.92 Å². The number of aryl methyl sites for hydroxylation is 1. The van der Waals surface area contributed by atoms with E-state index in [0.29, 0.717) is 11.3 Å². The van der Waals surface area contributed by atoms with Gasteiger partial charge >= 0.3 is 11.8 Å². The molecule has 3 N–H and O–H groups in total. The number of carbonyl (C=O) groups excluding carboxylic acids is 2. The molecule has 0 radical (unpaired) electrons. The standard InChI is InChI=1S/C16H18N2O3S/c1-11-3-5-13(6-4-11)18-15(20)14(19)17-10-16(2,21)12-7-8-22-9-12/h3-9,21H,10H2,1-2H3,(H,17,19)(H,18,20). The van der Waals surface area contributed by atoms with Crippen molar-refractivity contribution in [2.45, 2.75) is 19.4 Å². The molecule has 1 heterocycles. The molecule has 116 valence electrons. The molecule has 2 aromatic rings. The fraction of sp³-hybridized carbons (Fsp3) is 0.250. The fourth-order valence-corrected chi connectivity index (χ4v) is 2.61. The van der Waals surface area contributed by atoms with Gasteiger partial charge in [0.1, 0.15) is 5.60 Å². The Labute approximate surface area is 133 Å². The van der Waals surface area contributed by atoms with E-state index in [1.54, 1.807) is 30.5 Å². The maximum Gasteiger partial charge on any atom is 0.313 e. The maximum atomic E-state index is 11.8. The molecule has 22 heavy (non-hydrogen) atoms. The molecular formula is C16H18N2O3S. The normalized spacial score (nSPS) is 13.2. The first-order valence-corrected chi connectivity index (χ1v) is 7.74. The van der Waals surface area contributed by atoms with Crippen LogP contribution in [0.2, 0.25) is 0 Å². The number of thiophene rings is 1. The highest BCUT2D eigenvalue weighted by molar-refractivity contribution is 7.08. The Hall–Kier alpha value is -2.18. The van der Waals surface area contributed by atoms with Crippen molar-refractivity contribution in [2.75, 3.05) is 11.9 Å². The summed E-state index contributed by atoms with van der Waals surface area (Å²) in [6, 6.07) is 8.91. The largest absolute Gasteiger partial charge is 0.384 e. The van der Waals surface area contributed by atoms with Crippen molar-refractivity contribution in [1.82, 2.24) is 5.32 Å². The van der Waals surface area contributed by atoms with Crippen LogP contribution >= 0.6 is 11.3 Å². The van der Waals surface area contributed by atoms with Crippen molar-refractivity contribution < 1.29 is 14.7 Å². The second kappa shape index (κ2) is 6.72. The highest BCUT2D eigenvalue weighted by atomic mass is 32.1. The number of hydrogen-bond donors (Lipinski definition) is 3. The van der Waals surface area contributed by atoms with Crippen LogP contribution in [0.4, 0.5) is 5.69 Å². The van der Waals surface area contributed by atoms with E-state index in [1.807, 2.05) is 24.4 Å². The lowest BCUT2D eigenvalue weighted by Gasteiger charge is -2.22. The number of benzene rings is 1. The first-order valence-electron chi connectivity index (χ1n) is 6.79. The Morgan fingerprint density at radius 1 is 1.18 bits per heavy atom. The fourth-order valence-electron chi connectivity index (χ4n) is 1.83. The zero-order chi connectivity index (χ0) is 16.2. The van der Waals surface area contributed by atoms with Gasteiger partial charge in [-0.05, 0) is 48.4 Å². The van der Waals surface area contributed by atoms with E-state index in [-0.39, 0.29) is 6.54 Å². The molecule has 1 aromatic heterocycles. The van der Waals surface area contributed by atoms with Crippen LogP contribution in [-0.4, -0.2) is 23.5 Å². The molecule has 0 spiro atoms. The molecule has 1 aromatic carbocycles. The van der Waals surface area contributed by atoms with E-state index >= 15 is 0 Å². The monoisotopic (exact) mass is 318 g/mol. The molecule has 6 heteroatoms. The summed E-state index contributed by atoms with van der Waals surface area (Å²) < 4.78 is 0. The van der Waals surface area contributed by atoms with E-state index < -0.39 is 17.4 Å². The number of amides is 2. The van der Waals surface area contributed by atoms with Gasteiger partial charge in [-0.2, -0.15) is 11.3 Å². The first-order chi connectivity index (χ1) is 10.4. The zero-order valence-corrected chi connectivity index (χ0v) is 13.2. The number of nitrogens with one attached hydrogen (secondary N) is 2. The van der Waals surface area contributed by atoms with Gasteiger partial charge in [0.15, 0.2) is 0 Å². The molecule has 0 aliphatic rings. The average Bonchev–Trinajstić information content (AvgIpc) is 3.02. The van der Waals surface area contributed by atoms with Crippen molar-refractivity contribution >= 4 is 28.8 Å². The van der Waals surface area contributed by atoms with Crippen molar-refractivity contribution in [3.63, 3.8) is 0 Å². The summed E-state index contributed by atoms with van der Waals surface area (Å²) in [5.41, 5.74) is 1.11. The number of carbonyl (C=O) groups is 2. The van der Waals surface area contributed by atoms with Gasteiger partial charge in [0, 0.05) is 5.69 Å². The predicted octanol–water partition coefficient (Wildman–Crippen LogP) is 2.02. The van der Waals surface area contributed by atoms with Gasteiger partial charge in [0.2, 0.25) is 0 Å². The van der Waals surface area contributed by atoms with Crippen molar-refractivity contribution in [3.05, 3.63) is 52.2 Å². The van der Waals surface area contributed by atoms with E-state index in [1.165, 1.54) is 11.3 Å². The van der Waals surface area contributed by atoms with Gasteiger partial charge < -0.3 is 15.7 Å². The molecule has 1 unspecified atom stereocenters. The summed E-state index contributed by atoms with van der Waals surface area (Å²) in [4.78, 5) is 23.6. The molecule has 5 nitrogen and oxygen atoms in total. The lowest BCUT2D eigenvalue weighted by Crippen LogP contribution is -2.43. The third-order valence-electron chi connectivity index (χ3n) is 3.25. The summed E-state index contributed by atoms with van der Waals surface area (Å²) in [5.74, 6) is -1.54. The number of rotatable bonds is 4. The van der Waals surface area contributed by atoms with Crippen LogP contribution in [0.3, 0.4) is 0 Å². The minimum Gasteiger partial charge on any atom is -0.384 e. The molecule has 1 atom stereocenters. The number of aliphatic hydroxyl groups is 1. The SMILES string of the molecule is Cc1ccc(NC(=O)C(=O)NCC(C)(O)c2ccsc2)cc1. The summed E-state index contributed by atoms with van der Waals surface area (Å²) >= 11 is 1.46. The number of anilines is 1. The Morgan fingerprint density at radius 3 is 2.45 bits per heavy atom. The molecular weight excluding hydrogens is 300 g/mol. The maximum absolute atomic E-state index is 11.8. The highest BCUT2D eigenvalue weighted by Gasteiger charge is 2.25. The van der Waals surface area contributed by atoms with Crippen LogP contribution in [0.15, 0.2) is 41.1 Å². The van der Waals surface area contributed by atoms with E-state index in [9.17, 15) is 14.7 Å². The van der Waals surface area contributed by atoms with Crippen LogP contribution in [0.5, 0.6) is 0 Å². The van der Waals surface area contributed by atoms with Gasteiger partial charge in [0.25, 0.3) is 0 Å². The lowest BCUT2D eigenvalue weighted by atomic mass is 9.99. The van der Waals surface area contributed by atoms with Crippen molar-refractivity contribution in [1.29, 1.82) is 0 Å². The molecule has 0 saturated heterocycles. The zero-order valence-electron chi connectivity index (χ0n) is 12.4. The van der Waals surface area contributed by atoms with Gasteiger partial charge in [-0.3, -0.25) is 9.59 Å². The number of hydrogen-bond acceptors (Lipinski definition) is 4. The third kappa shape index (κ3) is 4.16. The lowest BCUT2D eigenvalue weighted by molar-refractivity contribution is -0.136. The predicted molar refractivity (Wildman–Crippen MR) is 86.7 cm³/mol. The van der Waals surface area contributed by atoms with Crippen LogP contribution < -0.4 is 10.6 Å². The van der Waals surface area contributed by atoms with Crippen LogP contribution in [0.1, 0.15) is 18.1 Å². The van der Waals surface area contributed by atoms with Gasteiger partial charge in [0.05, 0.1) is 6.54 Å². The molecule has 0 fully saturated rings. The average molecular weight is 318 g/mol. The van der Waals surface area contributed by atoms with Gasteiger partial charge in [-0.25, -0.2) is 0 Å². The van der Waals surface area contributed by atoms with E-state index in [0.717, 1.165) is 5.56 Å². The first kappa shape index (κ1) is 16.2. The molecule has 0 aliphatic heterocycles. The van der Waals surface area contributed by atoms with E-state index in [4.69, 9.17) is 0 Å². The topological polar surface area (TPSA) is 78.4 Å². The minimum atomic E-state index is -1.21. The molecule has 0 saturated carbocycles. The Bertz CT molecular complexity index is 649. The quantitative estimate of drug-likeness (QED) is 0.755. The van der Waals surface area contributed by atoms with E-state index in [2.05, 4.69) is 10.6 Å². The van der Waals surface area contributed by atoms with Crippen molar-refractivity contribution in [3.8, 4) is 0 Å². The smallest absolute Gasteiger partial charge is 0.313 e. The highest BCUT2D eigenvalue weighted by Crippen LogP contribution is 2.21. The summed E-state index contributed by atoms with van der Waals surface area (Å²) in [5, 5.41) is 18.9. The molecule has 2 amide bonds. The summed E-state index contributed by atoms with van der Waals surface area (Å²) in [6.45, 7) is 3.49. The molecule has 0 aliphatic carbocycles. The second-order valence-electron chi connectivity index (χ2n) is 5.29. The summed E-state index contributed by atoms with van der Waals surface area (Å²) in [6.07, 6.45) is 0. The second-order valence-corrected chi connectivity index (χ2v) is 6.07. The van der Waals surface area contributed by atoms with Crippen LogP contribution in [-0.2, 0) is 15.2 Å². The van der Waals surface area contributed by atoms with Gasteiger partial charge in [-0.15, -0.1) is 0 Å². The summed E-state index contributed by atoms with van der Waals surface area (Å²) in [7, 11) is 0.